The summed E-state index contributed by atoms with van der Waals surface area (Å²) in [5, 5.41) is 12.6. The maximum atomic E-state index is 12.7. The van der Waals surface area contributed by atoms with Crippen molar-refractivity contribution in [1.82, 2.24) is 29.7 Å². The van der Waals surface area contributed by atoms with E-state index in [-0.39, 0.29) is 12.5 Å². The smallest absolute Gasteiger partial charge is 0.244 e. The molecule has 2 heterocycles. The zero-order chi connectivity index (χ0) is 19.4. The van der Waals surface area contributed by atoms with Gasteiger partial charge in [-0.3, -0.25) is 9.48 Å². The first kappa shape index (κ1) is 18.8. The van der Waals surface area contributed by atoms with Crippen molar-refractivity contribution in [3.8, 4) is 11.3 Å². The number of nitrogens with two attached hydrogens (primary N) is 1. The Kier molecular flexibility index (Phi) is 5.66. The molecule has 0 radical (unpaired) electrons. The van der Waals surface area contributed by atoms with Crippen LogP contribution in [0, 0.1) is 6.92 Å². The molecule has 1 amide bonds. The van der Waals surface area contributed by atoms with Crippen molar-refractivity contribution in [2.45, 2.75) is 33.5 Å². The maximum Gasteiger partial charge on any atom is 0.244 e. The molecule has 27 heavy (non-hydrogen) atoms. The number of likely N-dealkylation sites (N-methyl/N-ethyl adjacent to an activating group) is 1. The van der Waals surface area contributed by atoms with Crippen LogP contribution in [-0.2, 0) is 31.5 Å². The Bertz CT molecular complexity index is 928. The van der Waals surface area contributed by atoms with Crippen LogP contribution in [0.2, 0.25) is 0 Å². The average Bonchev–Trinajstić information content (AvgIpc) is 3.25. The molecule has 0 bridgehead atoms. The lowest BCUT2D eigenvalue weighted by Gasteiger charge is -2.21. The molecule has 1 aromatic carbocycles. The standard InChI is InChI=1S/C19H25N7O/c1-4-25(10-15-7-5-6-14(2)8-15)19(27)13-26-12-18(21-23-26)16-11-24(3)22-17(16)9-20/h5-8,11-12H,4,9-10,13,20H2,1-3H3. The number of hydrogen-bond donors (Lipinski definition) is 1. The molecule has 0 aliphatic rings. The second-order valence-corrected chi connectivity index (χ2v) is 6.57. The number of amides is 1. The monoisotopic (exact) mass is 367 g/mol. The molecule has 3 rings (SSSR count). The van der Waals surface area contributed by atoms with Crippen molar-refractivity contribution in [3.05, 3.63) is 53.5 Å². The van der Waals surface area contributed by atoms with Crippen LogP contribution in [0.4, 0.5) is 0 Å². The lowest BCUT2D eigenvalue weighted by molar-refractivity contribution is -0.132. The Hall–Kier alpha value is -3.00. The SMILES string of the molecule is CCN(Cc1cccc(C)c1)C(=O)Cn1cc(-c2cn(C)nc2CN)nn1. The van der Waals surface area contributed by atoms with Gasteiger partial charge in [-0.2, -0.15) is 5.10 Å². The Morgan fingerprint density at radius 1 is 1.30 bits per heavy atom. The number of carbonyl (C=O) groups is 1. The van der Waals surface area contributed by atoms with Gasteiger partial charge in [0.25, 0.3) is 0 Å². The second kappa shape index (κ2) is 8.13. The first-order valence-electron chi connectivity index (χ1n) is 8.96. The molecule has 0 unspecified atom stereocenters. The molecule has 2 N–H and O–H groups in total. The molecule has 0 fully saturated rings. The zero-order valence-electron chi connectivity index (χ0n) is 16.0. The fourth-order valence-corrected chi connectivity index (χ4v) is 3.04. The van der Waals surface area contributed by atoms with E-state index in [0.29, 0.717) is 25.3 Å². The van der Waals surface area contributed by atoms with E-state index in [9.17, 15) is 4.79 Å². The number of aryl methyl sites for hydroxylation is 2. The minimum Gasteiger partial charge on any atom is -0.337 e. The van der Waals surface area contributed by atoms with Crippen LogP contribution in [-0.4, -0.2) is 42.1 Å². The van der Waals surface area contributed by atoms with Crippen molar-refractivity contribution in [1.29, 1.82) is 0 Å². The van der Waals surface area contributed by atoms with Crippen molar-refractivity contribution in [3.63, 3.8) is 0 Å². The van der Waals surface area contributed by atoms with E-state index in [4.69, 9.17) is 5.73 Å². The van der Waals surface area contributed by atoms with E-state index < -0.39 is 0 Å². The summed E-state index contributed by atoms with van der Waals surface area (Å²) in [6.45, 7) is 5.70. The average molecular weight is 367 g/mol. The summed E-state index contributed by atoms with van der Waals surface area (Å²) < 4.78 is 3.26. The van der Waals surface area contributed by atoms with Crippen LogP contribution in [0.25, 0.3) is 11.3 Å². The summed E-state index contributed by atoms with van der Waals surface area (Å²) in [4.78, 5) is 14.5. The second-order valence-electron chi connectivity index (χ2n) is 6.57. The topological polar surface area (TPSA) is 94.9 Å². The Morgan fingerprint density at radius 3 is 2.81 bits per heavy atom. The highest BCUT2D eigenvalue weighted by molar-refractivity contribution is 5.76. The van der Waals surface area contributed by atoms with Crippen LogP contribution in [0.3, 0.4) is 0 Å². The third-order valence-corrected chi connectivity index (χ3v) is 4.40. The summed E-state index contributed by atoms with van der Waals surface area (Å²) in [5.74, 6) is 0.000640. The van der Waals surface area contributed by atoms with E-state index in [1.54, 1.807) is 15.6 Å². The predicted molar refractivity (Wildman–Crippen MR) is 102 cm³/mol. The highest BCUT2D eigenvalue weighted by Gasteiger charge is 2.16. The number of nitrogens with zero attached hydrogens (tertiary/aromatic N) is 6. The summed E-state index contributed by atoms with van der Waals surface area (Å²) in [7, 11) is 1.83. The van der Waals surface area contributed by atoms with Crippen molar-refractivity contribution < 1.29 is 4.79 Å². The van der Waals surface area contributed by atoms with Crippen LogP contribution in [0.5, 0.6) is 0 Å². The lowest BCUT2D eigenvalue weighted by atomic mass is 10.1. The number of hydrogen-bond acceptors (Lipinski definition) is 5. The number of carbonyl (C=O) groups excluding carboxylic acids is 1. The Morgan fingerprint density at radius 2 is 2.11 bits per heavy atom. The zero-order valence-corrected chi connectivity index (χ0v) is 16.0. The molecule has 0 saturated heterocycles. The quantitative estimate of drug-likeness (QED) is 0.683. The molecule has 142 valence electrons. The van der Waals surface area contributed by atoms with E-state index in [2.05, 4.69) is 21.5 Å². The van der Waals surface area contributed by atoms with Gasteiger partial charge in [0.05, 0.1) is 11.9 Å². The summed E-state index contributed by atoms with van der Waals surface area (Å²) in [6.07, 6.45) is 3.61. The molecule has 2 aromatic heterocycles. The van der Waals surface area contributed by atoms with Gasteiger partial charge in [0.15, 0.2) is 0 Å². The molecule has 0 aliphatic carbocycles. The van der Waals surface area contributed by atoms with Crippen molar-refractivity contribution in [2.75, 3.05) is 6.54 Å². The van der Waals surface area contributed by atoms with Crippen LogP contribution >= 0.6 is 0 Å². The van der Waals surface area contributed by atoms with Crippen LogP contribution in [0.15, 0.2) is 36.7 Å². The summed E-state index contributed by atoms with van der Waals surface area (Å²) >= 11 is 0. The fourth-order valence-electron chi connectivity index (χ4n) is 3.04. The van der Waals surface area contributed by atoms with E-state index in [1.807, 2.05) is 50.2 Å². The molecule has 0 aliphatic heterocycles. The third-order valence-electron chi connectivity index (χ3n) is 4.40. The molecular formula is C19H25N7O. The minimum atomic E-state index is 0.000640. The van der Waals surface area contributed by atoms with Gasteiger partial charge in [-0.1, -0.05) is 35.0 Å². The highest BCUT2D eigenvalue weighted by Crippen LogP contribution is 2.19. The number of benzene rings is 1. The molecule has 3 aromatic rings. The van der Waals surface area contributed by atoms with Crippen molar-refractivity contribution >= 4 is 5.91 Å². The molecule has 8 nitrogen and oxygen atoms in total. The fraction of sp³-hybridized carbons (Fsp3) is 0.368. The first-order valence-corrected chi connectivity index (χ1v) is 8.96. The highest BCUT2D eigenvalue weighted by atomic mass is 16.2. The third kappa shape index (κ3) is 4.40. The van der Waals surface area contributed by atoms with Gasteiger partial charge in [0.1, 0.15) is 12.2 Å². The summed E-state index contributed by atoms with van der Waals surface area (Å²) in [6, 6.07) is 8.19. The van der Waals surface area contributed by atoms with Crippen LogP contribution < -0.4 is 5.73 Å². The van der Waals surface area contributed by atoms with Gasteiger partial charge in [0, 0.05) is 38.4 Å². The Labute approximate surface area is 158 Å². The van der Waals surface area contributed by atoms with E-state index in [0.717, 1.165) is 16.8 Å². The van der Waals surface area contributed by atoms with Crippen LogP contribution in [0.1, 0.15) is 23.7 Å². The number of rotatable bonds is 7. The largest absolute Gasteiger partial charge is 0.337 e. The van der Waals surface area contributed by atoms with Gasteiger partial charge in [-0.05, 0) is 19.4 Å². The molecule has 0 atom stereocenters. The predicted octanol–water partition coefficient (Wildman–Crippen LogP) is 1.49. The first-order chi connectivity index (χ1) is 13.0. The Balaban J connectivity index is 1.70. The maximum absolute atomic E-state index is 12.7. The summed E-state index contributed by atoms with van der Waals surface area (Å²) in [5.41, 5.74) is 10.3. The van der Waals surface area contributed by atoms with E-state index >= 15 is 0 Å². The van der Waals surface area contributed by atoms with Crippen molar-refractivity contribution in [2.24, 2.45) is 12.8 Å². The molecule has 8 heteroatoms. The minimum absolute atomic E-state index is 0.000640. The van der Waals surface area contributed by atoms with E-state index in [1.165, 1.54) is 5.56 Å². The number of aromatic nitrogens is 5. The van der Waals surface area contributed by atoms with Gasteiger partial charge in [0.2, 0.25) is 5.91 Å². The van der Waals surface area contributed by atoms with Gasteiger partial charge in [-0.25, -0.2) is 4.68 Å². The lowest BCUT2D eigenvalue weighted by Crippen LogP contribution is -2.33. The van der Waals surface area contributed by atoms with Gasteiger partial charge >= 0.3 is 0 Å². The molecule has 0 saturated carbocycles. The van der Waals surface area contributed by atoms with Gasteiger partial charge in [-0.15, -0.1) is 5.10 Å². The normalized spacial score (nSPS) is 11.0. The molecular weight excluding hydrogens is 342 g/mol. The molecule has 0 spiro atoms. The van der Waals surface area contributed by atoms with Gasteiger partial charge < -0.3 is 10.6 Å².